The summed E-state index contributed by atoms with van der Waals surface area (Å²) < 4.78 is 0. The molecule has 1 aromatic rings. The molecule has 1 rings (SSSR count). The SMILES string of the molecule is CCCCNC(=S)N/N=C/c1c(CO)cnc(C)c1O. The third-order valence-electron chi connectivity index (χ3n) is 2.70. The number of rotatable bonds is 6. The van der Waals surface area contributed by atoms with Crippen molar-refractivity contribution in [3.63, 3.8) is 0 Å². The van der Waals surface area contributed by atoms with Gasteiger partial charge in [0.25, 0.3) is 0 Å². The zero-order valence-electron chi connectivity index (χ0n) is 11.7. The van der Waals surface area contributed by atoms with E-state index in [-0.39, 0.29) is 12.4 Å². The molecule has 7 heteroatoms. The van der Waals surface area contributed by atoms with Crippen molar-refractivity contribution >= 4 is 23.5 Å². The number of aromatic nitrogens is 1. The van der Waals surface area contributed by atoms with Gasteiger partial charge in [-0.3, -0.25) is 10.4 Å². The van der Waals surface area contributed by atoms with Gasteiger partial charge in [0.05, 0.1) is 18.5 Å². The molecule has 0 unspecified atom stereocenters. The van der Waals surface area contributed by atoms with Gasteiger partial charge in [0.1, 0.15) is 5.75 Å². The second-order valence-electron chi connectivity index (χ2n) is 4.27. The molecule has 110 valence electrons. The van der Waals surface area contributed by atoms with Crippen molar-refractivity contribution in [2.24, 2.45) is 5.10 Å². The van der Waals surface area contributed by atoms with E-state index in [0.717, 1.165) is 19.4 Å². The topological polar surface area (TPSA) is 89.8 Å². The summed E-state index contributed by atoms with van der Waals surface area (Å²) in [6.45, 7) is 4.35. The van der Waals surface area contributed by atoms with Crippen LogP contribution in [0.2, 0.25) is 0 Å². The van der Waals surface area contributed by atoms with Gasteiger partial charge in [-0.25, -0.2) is 0 Å². The lowest BCUT2D eigenvalue weighted by molar-refractivity contribution is 0.280. The third kappa shape index (κ3) is 4.75. The first-order valence-corrected chi connectivity index (χ1v) is 6.86. The van der Waals surface area contributed by atoms with Gasteiger partial charge in [-0.15, -0.1) is 0 Å². The molecule has 0 aromatic carbocycles. The zero-order chi connectivity index (χ0) is 15.0. The molecule has 0 aliphatic heterocycles. The zero-order valence-corrected chi connectivity index (χ0v) is 12.5. The Bertz CT molecular complexity index is 492. The van der Waals surface area contributed by atoms with Crippen LogP contribution < -0.4 is 10.7 Å². The maximum absolute atomic E-state index is 9.91. The number of aryl methyl sites for hydroxylation is 1. The largest absolute Gasteiger partial charge is 0.505 e. The van der Waals surface area contributed by atoms with Crippen LogP contribution in [-0.2, 0) is 6.61 Å². The van der Waals surface area contributed by atoms with Crippen LogP contribution in [0.25, 0.3) is 0 Å². The van der Waals surface area contributed by atoms with Gasteiger partial charge >= 0.3 is 0 Å². The Balaban J connectivity index is 2.66. The summed E-state index contributed by atoms with van der Waals surface area (Å²) in [6.07, 6.45) is 5.05. The van der Waals surface area contributed by atoms with Crippen molar-refractivity contribution in [1.29, 1.82) is 0 Å². The molecular weight excluding hydrogens is 276 g/mol. The fourth-order valence-electron chi connectivity index (χ4n) is 1.50. The van der Waals surface area contributed by atoms with E-state index in [2.05, 4.69) is 27.8 Å². The average molecular weight is 296 g/mol. The number of hydrogen-bond donors (Lipinski definition) is 4. The normalized spacial score (nSPS) is 10.8. The summed E-state index contributed by atoms with van der Waals surface area (Å²) in [5.41, 5.74) is 4.08. The van der Waals surface area contributed by atoms with Gasteiger partial charge in [0.2, 0.25) is 0 Å². The lowest BCUT2D eigenvalue weighted by Gasteiger charge is -2.08. The monoisotopic (exact) mass is 296 g/mol. The van der Waals surface area contributed by atoms with Crippen molar-refractivity contribution in [1.82, 2.24) is 15.7 Å². The summed E-state index contributed by atoms with van der Waals surface area (Å²) in [6, 6.07) is 0. The van der Waals surface area contributed by atoms with E-state index in [9.17, 15) is 10.2 Å². The quantitative estimate of drug-likeness (QED) is 0.273. The van der Waals surface area contributed by atoms with Crippen molar-refractivity contribution in [2.75, 3.05) is 6.54 Å². The number of thiocarbonyl (C=S) groups is 1. The minimum absolute atomic E-state index is 0.00644. The number of aromatic hydroxyl groups is 1. The Hall–Kier alpha value is -1.73. The lowest BCUT2D eigenvalue weighted by Crippen LogP contribution is -2.32. The van der Waals surface area contributed by atoms with Crippen molar-refractivity contribution in [3.8, 4) is 5.75 Å². The van der Waals surface area contributed by atoms with Crippen molar-refractivity contribution in [3.05, 3.63) is 23.0 Å². The predicted molar refractivity (Wildman–Crippen MR) is 82.8 cm³/mol. The average Bonchev–Trinajstić information content (AvgIpc) is 2.44. The molecule has 0 atom stereocenters. The van der Waals surface area contributed by atoms with Crippen molar-refractivity contribution in [2.45, 2.75) is 33.3 Å². The van der Waals surface area contributed by atoms with E-state index in [1.165, 1.54) is 12.4 Å². The number of nitrogens with one attached hydrogen (secondary N) is 2. The summed E-state index contributed by atoms with van der Waals surface area (Å²) in [5.74, 6) is 0.00644. The molecule has 1 heterocycles. The number of hydrazone groups is 1. The van der Waals surface area contributed by atoms with E-state index in [1.807, 2.05) is 0 Å². The predicted octanol–water partition coefficient (Wildman–Crippen LogP) is 1.19. The fourth-order valence-corrected chi connectivity index (χ4v) is 1.65. The highest BCUT2D eigenvalue weighted by atomic mass is 32.1. The second kappa shape index (κ2) is 8.44. The first-order chi connectivity index (χ1) is 9.60. The molecular formula is C13H20N4O2S. The van der Waals surface area contributed by atoms with Crippen molar-refractivity contribution < 1.29 is 10.2 Å². The van der Waals surface area contributed by atoms with Gasteiger partial charge in [-0.1, -0.05) is 13.3 Å². The molecule has 0 bridgehead atoms. The minimum Gasteiger partial charge on any atom is -0.505 e. The number of aliphatic hydroxyl groups is 1. The Kier molecular flexibility index (Phi) is 6.89. The van der Waals surface area contributed by atoms with E-state index in [0.29, 0.717) is 21.9 Å². The standard InChI is InChI=1S/C13H20N4O2S/c1-3-4-5-14-13(20)17-16-7-11-10(8-18)6-15-9(2)12(11)19/h6-7,18-19H,3-5,8H2,1-2H3,(H2,14,17,20)/b16-7+. The number of pyridine rings is 1. The minimum atomic E-state index is -0.221. The molecule has 0 spiro atoms. The molecule has 0 aliphatic carbocycles. The number of hydrogen-bond acceptors (Lipinski definition) is 5. The Morgan fingerprint density at radius 3 is 2.95 bits per heavy atom. The highest BCUT2D eigenvalue weighted by Gasteiger charge is 2.09. The molecule has 6 nitrogen and oxygen atoms in total. The maximum Gasteiger partial charge on any atom is 0.186 e. The highest BCUT2D eigenvalue weighted by Crippen LogP contribution is 2.21. The maximum atomic E-state index is 9.91. The van der Waals surface area contributed by atoms with E-state index < -0.39 is 0 Å². The molecule has 0 aliphatic rings. The molecule has 1 aromatic heterocycles. The number of aliphatic hydroxyl groups excluding tert-OH is 1. The summed E-state index contributed by atoms with van der Waals surface area (Å²) in [4.78, 5) is 3.97. The summed E-state index contributed by atoms with van der Waals surface area (Å²) >= 11 is 5.04. The number of nitrogens with zero attached hydrogens (tertiary/aromatic N) is 2. The van der Waals surface area contributed by atoms with E-state index >= 15 is 0 Å². The first kappa shape index (κ1) is 16.3. The van der Waals surface area contributed by atoms with Crippen LogP contribution >= 0.6 is 12.2 Å². The summed E-state index contributed by atoms with van der Waals surface area (Å²) in [7, 11) is 0. The fraction of sp³-hybridized carbons (Fsp3) is 0.462. The molecule has 20 heavy (non-hydrogen) atoms. The summed E-state index contributed by atoms with van der Waals surface area (Å²) in [5, 5.41) is 26.5. The molecule has 0 radical (unpaired) electrons. The molecule has 0 saturated heterocycles. The van der Waals surface area contributed by atoms with Crippen LogP contribution in [0.4, 0.5) is 0 Å². The van der Waals surface area contributed by atoms with Crippen LogP contribution in [0.15, 0.2) is 11.3 Å². The second-order valence-corrected chi connectivity index (χ2v) is 4.68. The molecule has 0 fully saturated rings. The van der Waals surface area contributed by atoms with Gasteiger partial charge < -0.3 is 15.5 Å². The molecule has 0 amide bonds. The smallest absolute Gasteiger partial charge is 0.186 e. The Morgan fingerprint density at radius 2 is 2.30 bits per heavy atom. The first-order valence-electron chi connectivity index (χ1n) is 6.45. The molecule has 0 saturated carbocycles. The van der Waals surface area contributed by atoms with Gasteiger partial charge in [0.15, 0.2) is 5.11 Å². The third-order valence-corrected chi connectivity index (χ3v) is 2.94. The van der Waals surface area contributed by atoms with Crippen LogP contribution in [0.5, 0.6) is 5.75 Å². The van der Waals surface area contributed by atoms with E-state index in [1.54, 1.807) is 6.92 Å². The van der Waals surface area contributed by atoms with Crippen LogP contribution in [-0.4, -0.2) is 33.1 Å². The Morgan fingerprint density at radius 1 is 1.55 bits per heavy atom. The molecule has 4 N–H and O–H groups in total. The van der Waals surface area contributed by atoms with Crippen LogP contribution in [0, 0.1) is 6.92 Å². The van der Waals surface area contributed by atoms with Crippen LogP contribution in [0.1, 0.15) is 36.6 Å². The Labute approximate surface area is 123 Å². The lowest BCUT2D eigenvalue weighted by atomic mass is 10.1. The number of unbranched alkanes of at least 4 members (excludes halogenated alkanes) is 1. The van der Waals surface area contributed by atoms with Gasteiger partial charge in [0, 0.05) is 23.9 Å². The van der Waals surface area contributed by atoms with Gasteiger partial charge in [-0.05, 0) is 25.6 Å². The van der Waals surface area contributed by atoms with Gasteiger partial charge in [-0.2, -0.15) is 5.10 Å². The highest BCUT2D eigenvalue weighted by molar-refractivity contribution is 7.80. The van der Waals surface area contributed by atoms with Crippen LogP contribution in [0.3, 0.4) is 0 Å². The van der Waals surface area contributed by atoms with E-state index in [4.69, 9.17) is 12.2 Å².